The number of rotatable bonds is 4. The van der Waals surface area contributed by atoms with Gasteiger partial charge in [0.25, 0.3) is 5.56 Å². The summed E-state index contributed by atoms with van der Waals surface area (Å²) in [7, 11) is -4.94. The van der Waals surface area contributed by atoms with Gasteiger partial charge >= 0.3 is 13.5 Å². The van der Waals surface area contributed by atoms with Crippen LogP contribution >= 0.6 is 7.82 Å². The minimum absolute atomic E-state index is 0.169. The topological polar surface area (TPSA) is 182 Å². The average Bonchev–Trinajstić information content (AvgIpc) is 2.65. The Morgan fingerprint density at radius 2 is 2.05 bits per heavy atom. The molecule has 0 aliphatic carbocycles. The molecule has 0 radical (unpaired) electrons. The maximum absolute atomic E-state index is 11.6. The molecule has 6 N–H and O–H groups in total. The van der Waals surface area contributed by atoms with Gasteiger partial charge in [-0.3, -0.25) is 14.3 Å². The third kappa shape index (κ3) is 3.47. The molecule has 1 saturated heterocycles. The van der Waals surface area contributed by atoms with Crippen LogP contribution in [0.4, 0.5) is 0 Å². The molecule has 21 heavy (non-hydrogen) atoms. The highest BCUT2D eigenvalue weighted by molar-refractivity contribution is 7.46. The lowest BCUT2D eigenvalue weighted by molar-refractivity contribution is -0.0229. The van der Waals surface area contributed by atoms with Crippen LogP contribution in [0.25, 0.3) is 0 Å². The van der Waals surface area contributed by atoms with Crippen LogP contribution in [0.5, 0.6) is 0 Å². The third-order valence-corrected chi connectivity index (χ3v) is 3.45. The molecular formula is C9H13N2O9P. The van der Waals surface area contributed by atoms with Crippen LogP contribution in [0.1, 0.15) is 11.7 Å². The number of phosphoric ester groups is 1. The Bertz CT molecular complexity index is 664. The molecule has 0 bridgehead atoms. The summed E-state index contributed by atoms with van der Waals surface area (Å²) in [6.45, 7) is -0.695. The fraction of sp³-hybridized carbons (Fsp3) is 0.556. The first-order valence-corrected chi connectivity index (χ1v) is 7.26. The molecule has 1 aromatic rings. The van der Waals surface area contributed by atoms with Crippen LogP contribution < -0.4 is 11.2 Å². The van der Waals surface area contributed by atoms with Gasteiger partial charge in [0.2, 0.25) is 0 Å². The first-order chi connectivity index (χ1) is 9.73. The van der Waals surface area contributed by atoms with E-state index in [2.05, 4.69) is 9.51 Å². The predicted octanol–water partition coefficient (Wildman–Crippen LogP) is -2.67. The highest BCUT2D eigenvalue weighted by Crippen LogP contribution is 2.44. The summed E-state index contributed by atoms with van der Waals surface area (Å²) < 4.78 is 20.4. The highest BCUT2D eigenvalue weighted by atomic mass is 31.2. The average molecular weight is 324 g/mol. The quantitative estimate of drug-likeness (QED) is 0.322. The van der Waals surface area contributed by atoms with Crippen molar-refractivity contribution in [3.05, 3.63) is 32.6 Å². The third-order valence-electron chi connectivity index (χ3n) is 2.93. The minimum atomic E-state index is -4.94. The van der Waals surface area contributed by atoms with E-state index in [4.69, 9.17) is 19.6 Å². The Balaban J connectivity index is 2.33. The Morgan fingerprint density at radius 1 is 1.38 bits per heavy atom. The number of aromatic amines is 2. The lowest BCUT2D eigenvalue weighted by Gasteiger charge is -2.19. The number of hydrogen-bond donors (Lipinski definition) is 6. The fourth-order valence-electron chi connectivity index (χ4n) is 2.06. The summed E-state index contributed by atoms with van der Waals surface area (Å²) in [5.74, 6) is 0. The summed E-state index contributed by atoms with van der Waals surface area (Å²) >= 11 is 0. The first kappa shape index (κ1) is 16.0. The molecule has 0 saturated carbocycles. The van der Waals surface area contributed by atoms with Crippen molar-refractivity contribution in [2.45, 2.75) is 24.4 Å². The number of phosphoric acid groups is 1. The van der Waals surface area contributed by atoms with Gasteiger partial charge in [-0.25, -0.2) is 9.36 Å². The minimum Gasteiger partial charge on any atom is -0.394 e. The van der Waals surface area contributed by atoms with Gasteiger partial charge in [0, 0.05) is 6.20 Å². The van der Waals surface area contributed by atoms with Crippen LogP contribution in [0.15, 0.2) is 15.8 Å². The Hall–Kier alpha value is -1.33. The van der Waals surface area contributed by atoms with E-state index < -0.39 is 50.1 Å². The van der Waals surface area contributed by atoms with Gasteiger partial charge in [0.05, 0.1) is 12.2 Å². The van der Waals surface area contributed by atoms with Crippen LogP contribution in [-0.2, 0) is 13.8 Å². The second-order valence-corrected chi connectivity index (χ2v) is 5.55. The van der Waals surface area contributed by atoms with Gasteiger partial charge in [-0.1, -0.05) is 0 Å². The first-order valence-electron chi connectivity index (χ1n) is 5.73. The van der Waals surface area contributed by atoms with Crippen molar-refractivity contribution in [2.75, 3.05) is 6.61 Å². The summed E-state index contributed by atoms with van der Waals surface area (Å²) in [5.41, 5.74) is -1.77. The van der Waals surface area contributed by atoms with E-state index in [0.29, 0.717) is 0 Å². The maximum atomic E-state index is 11.6. The van der Waals surface area contributed by atoms with E-state index >= 15 is 0 Å². The predicted molar refractivity (Wildman–Crippen MR) is 65.3 cm³/mol. The maximum Gasteiger partial charge on any atom is 0.470 e. The van der Waals surface area contributed by atoms with Gasteiger partial charge in [0.15, 0.2) is 0 Å². The second-order valence-electron chi connectivity index (χ2n) is 4.36. The summed E-state index contributed by atoms with van der Waals surface area (Å²) in [6, 6.07) is 0. The lowest BCUT2D eigenvalue weighted by Crippen LogP contribution is -2.35. The van der Waals surface area contributed by atoms with Gasteiger partial charge in [-0.05, 0) is 0 Å². The Morgan fingerprint density at radius 3 is 2.57 bits per heavy atom. The molecule has 0 aromatic carbocycles. The number of aliphatic hydroxyl groups excluding tert-OH is 2. The number of hydrogen-bond acceptors (Lipinski definition) is 7. The number of aromatic nitrogens is 2. The summed E-state index contributed by atoms with van der Waals surface area (Å²) in [5, 5.41) is 19.1. The normalized spacial score (nSPS) is 29.7. The number of H-pyrrole nitrogens is 2. The highest BCUT2D eigenvalue weighted by Gasteiger charge is 2.48. The molecule has 2 heterocycles. The van der Waals surface area contributed by atoms with E-state index in [1.807, 2.05) is 4.98 Å². The number of aliphatic hydroxyl groups is 2. The van der Waals surface area contributed by atoms with Crippen LogP contribution in [0, 0.1) is 0 Å². The van der Waals surface area contributed by atoms with Gasteiger partial charge < -0.3 is 29.7 Å². The number of nitrogens with one attached hydrogen (secondary N) is 2. The van der Waals surface area contributed by atoms with Gasteiger partial charge in [0.1, 0.15) is 24.4 Å². The van der Waals surface area contributed by atoms with E-state index in [1.54, 1.807) is 0 Å². The van der Waals surface area contributed by atoms with Crippen molar-refractivity contribution < 1.29 is 33.8 Å². The zero-order valence-electron chi connectivity index (χ0n) is 10.4. The van der Waals surface area contributed by atoms with Crippen molar-refractivity contribution >= 4 is 7.82 Å². The lowest BCUT2D eigenvalue weighted by atomic mass is 10.0. The summed E-state index contributed by atoms with van der Waals surface area (Å²) in [4.78, 5) is 44.2. The molecule has 0 unspecified atom stereocenters. The zero-order valence-corrected chi connectivity index (χ0v) is 11.3. The van der Waals surface area contributed by atoms with Crippen molar-refractivity contribution in [2.24, 2.45) is 0 Å². The molecule has 0 spiro atoms. The van der Waals surface area contributed by atoms with Crippen molar-refractivity contribution in [1.82, 2.24) is 9.97 Å². The molecule has 2 rings (SSSR count). The fourth-order valence-corrected chi connectivity index (χ4v) is 2.64. The van der Waals surface area contributed by atoms with Crippen LogP contribution in [0.2, 0.25) is 0 Å². The van der Waals surface area contributed by atoms with E-state index in [0.717, 1.165) is 6.20 Å². The monoisotopic (exact) mass is 324 g/mol. The van der Waals surface area contributed by atoms with E-state index in [9.17, 15) is 19.3 Å². The van der Waals surface area contributed by atoms with Gasteiger partial charge in [-0.2, -0.15) is 0 Å². The molecular weight excluding hydrogens is 311 g/mol. The standard InChI is InChI=1S/C9H13N2O9P/c12-2-4-7(20-21(16,17)18)5(13)6(19-4)3-1-10-9(15)11-8(3)14/h1,4-7,12-13H,2H2,(H2,16,17,18)(H2,10,11,14,15)/t4-,5+,6+,7-/m1/s1. The summed E-state index contributed by atoms with van der Waals surface area (Å²) in [6.07, 6.45) is -4.72. The van der Waals surface area contributed by atoms with E-state index in [-0.39, 0.29) is 5.56 Å². The Kier molecular flexibility index (Phi) is 4.44. The molecule has 1 aliphatic rings. The number of ether oxygens (including phenoxy) is 1. The largest absolute Gasteiger partial charge is 0.470 e. The van der Waals surface area contributed by atoms with Gasteiger partial charge in [-0.15, -0.1) is 0 Å². The molecule has 4 atom stereocenters. The smallest absolute Gasteiger partial charge is 0.394 e. The Labute approximate surface area is 116 Å². The molecule has 1 fully saturated rings. The van der Waals surface area contributed by atoms with Crippen LogP contribution in [0.3, 0.4) is 0 Å². The molecule has 118 valence electrons. The van der Waals surface area contributed by atoms with Crippen molar-refractivity contribution in [3.63, 3.8) is 0 Å². The molecule has 11 nitrogen and oxygen atoms in total. The van der Waals surface area contributed by atoms with Crippen LogP contribution in [-0.4, -0.2) is 54.9 Å². The van der Waals surface area contributed by atoms with E-state index in [1.165, 1.54) is 0 Å². The SMILES string of the molecule is O=c1[nH]cc([C@@H]2O[C@H](CO)[C@@H](OP(=O)(O)O)[C@H]2O)c(=O)[nH]1. The van der Waals surface area contributed by atoms with Crippen molar-refractivity contribution in [1.29, 1.82) is 0 Å². The zero-order chi connectivity index (χ0) is 15.8. The molecule has 0 amide bonds. The second kappa shape index (κ2) is 5.81. The molecule has 1 aromatic heterocycles. The van der Waals surface area contributed by atoms with Crippen molar-refractivity contribution in [3.8, 4) is 0 Å². The molecule has 12 heteroatoms. The molecule has 1 aliphatic heterocycles.